The van der Waals surface area contributed by atoms with Gasteiger partial charge >= 0.3 is 6.18 Å². The summed E-state index contributed by atoms with van der Waals surface area (Å²) in [5.41, 5.74) is -2.02. The third-order valence-electron chi connectivity index (χ3n) is 2.89. The van der Waals surface area contributed by atoms with Crippen LogP contribution < -0.4 is 0 Å². The van der Waals surface area contributed by atoms with E-state index < -0.39 is 17.5 Å². The minimum Gasteiger partial charge on any atom is -0.385 e. The van der Waals surface area contributed by atoms with Crippen LogP contribution in [0.3, 0.4) is 0 Å². The van der Waals surface area contributed by atoms with Gasteiger partial charge in [0.1, 0.15) is 10.8 Å². The van der Waals surface area contributed by atoms with Gasteiger partial charge in [-0.1, -0.05) is 37.9 Å². The van der Waals surface area contributed by atoms with E-state index in [2.05, 4.69) is 4.98 Å². The molecule has 18 heavy (non-hydrogen) atoms. The van der Waals surface area contributed by atoms with E-state index in [0.717, 1.165) is 6.07 Å². The van der Waals surface area contributed by atoms with E-state index in [9.17, 15) is 18.3 Å². The molecule has 1 atom stereocenters. The Morgan fingerprint density at radius 3 is 2.28 bits per heavy atom. The predicted octanol–water partition coefficient (Wildman–Crippen LogP) is 4.15. The monoisotopic (exact) mass is 281 g/mol. The smallest absolute Gasteiger partial charge is 0.385 e. The Bertz CT molecular complexity index is 422. The van der Waals surface area contributed by atoms with Crippen LogP contribution in [0, 0.1) is 0 Å². The van der Waals surface area contributed by atoms with E-state index in [1.165, 1.54) is 6.07 Å². The second-order valence-corrected chi connectivity index (χ2v) is 4.53. The first kappa shape index (κ1) is 15.2. The molecule has 1 aromatic heterocycles. The fraction of sp³-hybridized carbons (Fsp3) is 0.583. The van der Waals surface area contributed by atoms with Crippen LogP contribution in [0.2, 0.25) is 5.15 Å². The molecule has 1 rings (SSSR count). The maximum atomic E-state index is 12.4. The molecule has 102 valence electrons. The number of hydrogen-bond donors (Lipinski definition) is 1. The van der Waals surface area contributed by atoms with Crippen molar-refractivity contribution >= 4 is 11.6 Å². The number of aromatic nitrogens is 1. The van der Waals surface area contributed by atoms with Gasteiger partial charge in [0, 0.05) is 5.56 Å². The summed E-state index contributed by atoms with van der Waals surface area (Å²) in [6.45, 7) is 3.63. The molecule has 0 radical (unpaired) electrons. The van der Waals surface area contributed by atoms with Crippen molar-refractivity contribution in [2.75, 3.05) is 0 Å². The van der Waals surface area contributed by atoms with Gasteiger partial charge in [-0.25, -0.2) is 4.98 Å². The summed E-state index contributed by atoms with van der Waals surface area (Å²) < 4.78 is 37.3. The standard InChI is InChI=1S/C12H15ClF3NO/c1-3-7-11(18,4-2)8-5-6-9(12(14,15)16)17-10(8)13/h5-6,18H,3-4,7H2,1-2H3. The average Bonchev–Trinajstić information content (AvgIpc) is 2.27. The van der Waals surface area contributed by atoms with Gasteiger partial charge in [-0.05, 0) is 18.9 Å². The van der Waals surface area contributed by atoms with Gasteiger partial charge in [0.25, 0.3) is 0 Å². The molecule has 1 N–H and O–H groups in total. The summed E-state index contributed by atoms with van der Waals surface area (Å²) in [5.74, 6) is 0. The van der Waals surface area contributed by atoms with E-state index in [0.29, 0.717) is 19.3 Å². The topological polar surface area (TPSA) is 33.1 Å². The summed E-state index contributed by atoms with van der Waals surface area (Å²) in [4.78, 5) is 3.32. The largest absolute Gasteiger partial charge is 0.433 e. The zero-order valence-corrected chi connectivity index (χ0v) is 10.9. The molecular weight excluding hydrogens is 267 g/mol. The molecule has 1 aromatic rings. The first-order valence-electron chi connectivity index (χ1n) is 5.71. The Balaban J connectivity index is 3.20. The van der Waals surface area contributed by atoms with E-state index in [4.69, 9.17) is 11.6 Å². The molecule has 0 aliphatic rings. The molecule has 0 bridgehead atoms. The van der Waals surface area contributed by atoms with Crippen LogP contribution in [-0.2, 0) is 11.8 Å². The fourth-order valence-electron chi connectivity index (χ4n) is 1.85. The van der Waals surface area contributed by atoms with Crippen molar-refractivity contribution in [3.05, 3.63) is 28.5 Å². The van der Waals surface area contributed by atoms with E-state index in [1.54, 1.807) is 6.92 Å². The van der Waals surface area contributed by atoms with Crippen molar-refractivity contribution in [1.29, 1.82) is 0 Å². The number of rotatable bonds is 4. The second kappa shape index (κ2) is 5.45. The molecule has 0 aromatic carbocycles. The molecule has 0 saturated carbocycles. The molecule has 6 heteroatoms. The summed E-state index contributed by atoms with van der Waals surface area (Å²) >= 11 is 5.76. The van der Waals surface area contributed by atoms with Crippen molar-refractivity contribution in [3.8, 4) is 0 Å². The summed E-state index contributed by atoms with van der Waals surface area (Å²) in [7, 11) is 0. The first-order chi connectivity index (χ1) is 8.24. The van der Waals surface area contributed by atoms with Crippen molar-refractivity contribution in [3.63, 3.8) is 0 Å². The predicted molar refractivity (Wildman–Crippen MR) is 63.3 cm³/mol. The number of aliphatic hydroxyl groups is 1. The van der Waals surface area contributed by atoms with Crippen LogP contribution >= 0.6 is 11.6 Å². The number of pyridine rings is 1. The van der Waals surface area contributed by atoms with Gasteiger partial charge in [-0.15, -0.1) is 0 Å². The molecule has 0 aliphatic heterocycles. The number of hydrogen-bond acceptors (Lipinski definition) is 2. The van der Waals surface area contributed by atoms with Gasteiger partial charge in [-0.2, -0.15) is 13.2 Å². The lowest BCUT2D eigenvalue weighted by Crippen LogP contribution is -2.25. The lowest BCUT2D eigenvalue weighted by Gasteiger charge is -2.27. The number of nitrogens with zero attached hydrogens (tertiary/aromatic N) is 1. The molecule has 0 fully saturated rings. The summed E-state index contributed by atoms with van der Waals surface area (Å²) in [5, 5.41) is 10.1. The van der Waals surface area contributed by atoms with Crippen LogP contribution in [0.4, 0.5) is 13.2 Å². The van der Waals surface area contributed by atoms with Crippen molar-refractivity contribution < 1.29 is 18.3 Å². The first-order valence-corrected chi connectivity index (χ1v) is 6.09. The molecule has 0 saturated heterocycles. The van der Waals surface area contributed by atoms with Gasteiger partial charge in [0.15, 0.2) is 0 Å². The van der Waals surface area contributed by atoms with Crippen LogP contribution in [0.25, 0.3) is 0 Å². The zero-order valence-electron chi connectivity index (χ0n) is 10.2. The quantitative estimate of drug-likeness (QED) is 0.841. The van der Waals surface area contributed by atoms with Crippen LogP contribution in [0.1, 0.15) is 44.4 Å². The molecule has 0 aliphatic carbocycles. The minimum absolute atomic E-state index is 0.251. The van der Waals surface area contributed by atoms with E-state index >= 15 is 0 Å². The Kier molecular flexibility index (Phi) is 4.61. The lowest BCUT2D eigenvalue weighted by molar-refractivity contribution is -0.141. The molecule has 1 heterocycles. The maximum Gasteiger partial charge on any atom is 0.433 e. The summed E-state index contributed by atoms with van der Waals surface area (Å²) in [6, 6.07) is 2.05. The lowest BCUT2D eigenvalue weighted by atomic mass is 9.88. The van der Waals surface area contributed by atoms with Gasteiger partial charge in [-0.3, -0.25) is 0 Å². The normalized spacial score (nSPS) is 15.5. The number of halogens is 4. The number of alkyl halides is 3. The van der Waals surface area contributed by atoms with Gasteiger partial charge in [0.2, 0.25) is 0 Å². The van der Waals surface area contributed by atoms with E-state index in [-0.39, 0.29) is 10.7 Å². The van der Waals surface area contributed by atoms with Crippen LogP contribution in [0.15, 0.2) is 12.1 Å². The van der Waals surface area contributed by atoms with Gasteiger partial charge < -0.3 is 5.11 Å². The van der Waals surface area contributed by atoms with Crippen molar-refractivity contribution in [1.82, 2.24) is 4.98 Å². The minimum atomic E-state index is -4.53. The third-order valence-corrected chi connectivity index (χ3v) is 3.18. The van der Waals surface area contributed by atoms with Crippen molar-refractivity contribution in [2.24, 2.45) is 0 Å². The Hall–Kier alpha value is -0.810. The van der Waals surface area contributed by atoms with Crippen LogP contribution in [0.5, 0.6) is 0 Å². The highest BCUT2D eigenvalue weighted by Gasteiger charge is 2.35. The highest BCUT2D eigenvalue weighted by molar-refractivity contribution is 6.30. The highest BCUT2D eigenvalue weighted by atomic mass is 35.5. The zero-order chi connectivity index (χ0) is 14.0. The molecule has 1 unspecified atom stereocenters. The third kappa shape index (κ3) is 3.14. The Labute approximate surface area is 109 Å². The molecule has 2 nitrogen and oxygen atoms in total. The molecule has 0 amide bonds. The fourth-order valence-corrected chi connectivity index (χ4v) is 2.18. The van der Waals surface area contributed by atoms with Gasteiger partial charge in [0.05, 0.1) is 5.60 Å². The molecular formula is C12H15ClF3NO. The maximum absolute atomic E-state index is 12.4. The van der Waals surface area contributed by atoms with Crippen molar-refractivity contribution in [2.45, 2.75) is 44.9 Å². The van der Waals surface area contributed by atoms with Crippen LogP contribution in [-0.4, -0.2) is 10.1 Å². The second-order valence-electron chi connectivity index (χ2n) is 4.17. The SMILES string of the molecule is CCCC(O)(CC)c1ccc(C(F)(F)F)nc1Cl. The van der Waals surface area contributed by atoms with E-state index in [1.807, 2.05) is 6.92 Å². The molecule has 0 spiro atoms. The Morgan fingerprint density at radius 2 is 1.89 bits per heavy atom. The Morgan fingerprint density at radius 1 is 1.28 bits per heavy atom. The summed E-state index contributed by atoms with van der Waals surface area (Å²) in [6.07, 6.45) is -3.04. The highest BCUT2D eigenvalue weighted by Crippen LogP contribution is 2.36. The average molecular weight is 282 g/mol.